The molecule has 7 nitrogen and oxygen atoms in total. The van der Waals surface area contributed by atoms with Gasteiger partial charge in [-0.05, 0) is 39.3 Å². The van der Waals surface area contributed by atoms with E-state index in [4.69, 9.17) is 14.2 Å². The standard InChI is InChI=1S/C20H27NO6S2/c1-5-13(2)25-18(22)11-14-10-15(27-20(3,4)26-14)12-29(23,24)19-21-16-8-6-7-9-17(16)28-19/h6-9,13-15H,5,10-12H2,1-4H3. The number of carbonyl (C=O) groups excluding carboxylic acids is 1. The van der Waals surface area contributed by atoms with E-state index in [2.05, 4.69) is 4.98 Å². The molecule has 3 unspecified atom stereocenters. The Hall–Kier alpha value is -1.55. The van der Waals surface area contributed by atoms with E-state index < -0.39 is 27.8 Å². The number of thiazole rings is 1. The van der Waals surface area contributed by atoms with Crippen LogP contribution in [0.4, 0.5) is 0 Å². The molecule has 0 saturated carbocycles. The van der Waals surface area contributed by atoms with Crippen LogP contribution in [-0.2, 0) is 28.8 Å². The summed E-state index contributed by atoms with van der Waals surface area (Å²) in [6, 6.07) is 7.31. The largest absolute Gasteiger partial charge is 0.463 e. The maximum Gasteiger partial charge on any atom is 0.308 e. The number of hydrogen-bond donors (Lipinski definition) is 0. The van der Waals surface area contributed by atoms with E-state index >= 15 is 0 Å². The maximum absolute atomic E-state index is 12.9. The highest BCUT2D eigenvalue weighted by Crippen LogP contribution is 2.32. The van der Waals surface area contributed by atoms with E-state index in [0.717, 1.165) is 22.5 Å². The SMILES string of the molecule is CCC(C)OC(=O)CC1CC(CS(=O)(=O)c2nc3ccccc3s2)OC(C)(C)O1. The van der Waals surface area contributed by atoms with Gasteiger partial charge in [-0.2, -0.15) is 0 Å². The predicted octanol–water partition coefficient (Wildman–Crippen LogP) is 3.71. The van der Waals surface area contributed by atoms with Gasteiger partial charge >= 0.3 is 5.97 Å². The quantitative estimate of drug-likeness (QED) is 0.605. The lowest BCUT2D eigenvalue weighted by atomic mass is 10.1. The van der Waals surface area contributed by atoms with E-state index in [1.54, 1.807) is 19.9 Å². The van der Waals surface area contributed by atoms with Crippen LogP contribution in [0.5, 0.6) is 0 Å². The topological polar surface area (TPSA) is 91.8 Å². The van der Waals surface area contributed by atoms with Gasteiger partial charge in [0.05, 0.1) is 40.7 Å². The third kappa shape index (κ3) is 5.75. The van der Waals surface area contributed by atoms with E-state index in [1.165, 1.54) is 0 Å². The molecule has 0 bridgehead atoms. The third-order valence-electron chi connectivity index (χ3n) is 4.67. The number of ether oxygens (including phenoxy) is 3. The molecule has 2 aromatic rings. The number of hydrogen-bond acceptors (Lipinski definition) is 8. The van der Waals surface area contributed by atoms with Gasteiger partial charge in [-0.15, -0.1) is 11.3 Å². The second kappa shape index (κ2) is 8.67. The summed E-state index contributed by atoms with van der Waals surface area (Å²) < 4.78 is 43.8. The van der Waals surface area contributed by atoms with Gasteiger partial charge in [-0.25, -0.2) is 13.4 Å². The van der Waals surface area contributed by atoms with Crippen LogP contribution in [-0.4, -0.2) is 49.2 Å². The number of esters is 1. The monoisotopic (exact) mass is 441 g/mol. The Kier molecular flexibility index (Phi) is 6.62. The lowest BCUT2D eigenvalue weighted by Gasteiger charge is -2.40. The number of aromatic nitrogens is 1. The predicted molar refractivity (Wildman–Crippen MR) is 111 cm³/mol. The van der Waals surface area contributed by atoms with Gasteiger partial charge in [0.1, 0.15) is 0 Å². The van der Waals surface area contributed by atoms with Crippen molar-refractivity contribution in [3.05, 3.63) is 24.3 Å². The smallest absolute Gasteiger partial charge is 0.308 e. The Balaban J connectivity index is 1.70. The highest BCUT2D eigenvalue weighted by atomic mass is 32.2. The van der Waals surface area contributed by atoms with Crippen LogP contribution >= 0.6 is 11.3 Å². The molecule has 1 fully saturated rings. The van der Waals surface area contributed by atoms with Crippen LogP contribution in [0.1, 0.15) is 47.0 Å². The summed E-state index contributed by atoms with van der Waals surface area (Å²) in [5.74, 6) is -1.56. The van der Waals surface area contributed by atoms with Crippen molar-refractivity contribution in [1.29, 1.82) is 0 Å². The highest BCUT2D eigenvalue weighted by molar-refractivity contribution is 7.93. The molecule has 0 spiro atoms. The molecule has 29 heavy (non-hydrogen) atoms. The first-order chi connectivity index (χ1) is 13.6. The van der Waals surface area contributed by atoms with Crippen LogP contribution < -0.4 is 0 Å². The summed E-state index contributed by atoms with van der Waals surface area (Å²) in [5, 5.41) is 0. The molecule has 1 saturated heterocycles. The van der Waals surface area contributed by atoms with Gasteiger partial charge in [-0.3, -0.25) is 4.79 Å². The molecule has 1 aliphatic heterocycles. The van der Waals surface area contributed by atoms with E-state index in [0.29, 0.717) is 11.9 Å². The lowest BCUT2D eigenvalue weighted by Crippen LogP contribution is -2.47. The fraction of sp³-hybridized carbons (Fsp3) is 0.600. The molecule has 3 rings (SSSR count). The van der Waals surface area contributed by atoms with Crippen molar-refractivity contribution in [1.82, 2.24) is 4.98 Å². The fourth-order valence-electron chi connectivity index (χ4n) is 3.29. The van der Waals surface area contributed by atoms with Gasteiger partial charge in [0.2, 0.25) is 14.2 Å². The Morgan fingerprint density at radius 2 is 2.00 bits per heavy atom. The maximum atomic E-state index is 12.9. The molecule has 1 aliphatic rings. The minimum Gasteiger partial charge on any atom is -0.463 e. The second-order valence-corrected chi connectivity index (χ2v) is 11.0. The van der Waals surface area contributed by atoms with E-state index in [1.807, 2.05) is 32.0 Å². The molecular formula is C20H27NO6S2. The molecular weight excluding hydrogens is 414 g/mol. The summed E-state index contributed by atoms with van der Waals surface area (Å²) in [6.07, 6.45) is -0.138. The van der Waals surface area contributed by atoms with Crippen LogP contribution in [0, 0.1) is 0 Å². The average molecular weight is 442 g/mol. The van der Waals surface area contributed by atoms with Crippen LogP contribution in [0.3, 0.4) is 0 Å². The third-order valence-corrected chi connectivity index (χ3v) is 7.95. The molecule has 3 atom stereocenters. The first-order valence-corrected chi connectivity index (χ1v) is 12.2. The van der Waals surface area contributed by atoms with E-state index in [9.17, 15) is 13.2 Å². The van der Waals surface area contributed by atoms with E-state index in [-0.39, 0.29) is 28.6 Å². The summed E-state index contributed by atoms with van der Waals surface area (Å²) in [7, 11) is -3.64. The molecule has 1 aromatic heterocycles. The Morgan fingerprint density at radius 3 is 2.69 bits per heavy atom. The first kappa shape index (κ1) is 22.1. The Labute approximate surface area is 175 Å². The normalized spacial score (nSPS) is 23.0. The first-order valence-electron chi connectivity index (χ1n) is 9.71. The zero-order chi connectivity index (χ0) is 21.2. The summed E-state index contributed by atoms with van der Waals surface area (Å²) in [5.41, 5.74) is 0.662. The average Bonchev–Trinajstić information content (AvgIpc) is 3.04. The zero-order valence-corrected chi connectivity index (χ0v) is 18.7. The number of rotatable bonds is 7. The lowest BCUT2D eigenvalue weighted by molar-refractivity contribution is -0.295. The van der Waals surface area contributed by atoms with Crippen LogP contribution in [0.25, 0.3) is 10.2 Å². The van der Waals surface area contributed by atoms with Gasteiger partial charge in [0.15, 0.2) is 5.79 Å². The Bertz CT molecular complexity index is 935. The molecule has 2 heterocycles. The van der Waals surface area contributed by atoms with Crippen LogP contribution in [0.2, 0.25) is 0 Å². The molecule has 0 radical (unpaired) electrons. The second-order valence-electron chi connectivity index (χ2n) is 7.76. The molecule has 1 aromatic carbocycles. The number of fused-ring (bicyclic) bond motifs is 1. The Morgan fingerprint density at radius 1 is 1.31 bits per heavy atom. The van der Waals surface area contributed by atoms with Crippen molar-refractivity contribution < 1.29 is 27.4 Å². The van der Waals surface area contributed by atoms with Crippen molar-refractivity contribution in [2.45, 2.75) is 75.4 Å². The molecule has 160 valence electrons. The zero-order valence-electron chi connectivity index (χ0n) is 17.1. The van der Waals surface area contributed by atoms with Crippen LogP contribution in [0.15, 0.2) is 28.6 Å². The summed E-state index contributed by atoms with van der Waals surface area (Å²) in [4.78, 5) is 16.4. The number of nitrogens with zero attached hydrogens (tertiary/aromatic N) is 1. The molecule has 9 heteroatoms. The van der Waals surface area contributed by atoms with Gasteiger partial charge in [0.25, 0.3) is 0 Å². The van der Waals surface area contributed by atoms with Gasteiger partial charge in [-0.1, -0.05) is 19.1 Å². The fourth-order valence-corrected chi connectivity index (χ4v) is 6.04. The number of benzene rings is 1. The number of para-hydroxylation sites is 1. The summed E-state index contributed by atoms with van der Waals surface area (Å²) in [6.45, 7) is 7.21. The molecule has 0 amide bonds. The number of sulfone groups is 1. The van der Waals surface area contributed by atoms with Gasteiger partial charge in [0, 0.05) is 6.42 Å². The van der Waals surface area contributed by atoms with Crippen molar-refractivity contribution in [3.8, 4) is 0 Å². The summed E-state index contributed by atoms with van der Waals surface area (Å²) >= 11 is 1.15. The van der Waals surface area contributed by atoms with Crippen molar-refractivity contribution in [2.24, 2.45) is 0 Å². The van der Waals surface area contributed by atoms with Crippen molar-refractivity contribution in [2.75, 3.05) is 5.75 Å². The molecule has 0 aliphatic carbocycles. The van der Waals surface area contributed by atoms with Crippen molar-refractivity contribution >= 4 is 37.4 Å². The van der Waals surface area contributed by atoms with Gasteiger partial charge < -0.3 is 14.2 Å². The minimum atomic E-state index is -3.64. The minimum absolute atomic E-state index is 0.0643. The number of carbonyl (C=O) groups is 1. The highest BCUT2D eigenvalue weighted by Gasteiger charge is 2.39. The van der Waals surface area contributed by atoms with Crippen molar-refractivity contribution in [3.63, 3.8) is 0 Å². The molecule has 0 N–H and O–H groups in total.